The van der Waals surface area contributed by atoms with Gasteiger partial charge in [-0.05, 0) is 0 Å². The molecular weight excluding hydrogens is 238 g/mol. The Morgan fingerprint density at radius 3 is 1.80 bits per heavy atom. The maximum Gasteiger partial charge on any atom is 0.224 e. The van der Waals surface area contributed by atoms with Gasteiger partial charge in [0.15, 0.2) is 10.3 Å². The predicted octanol–water partition coefficient (Wildman–Crippen LogP) is 3.01. The lowest BCUT2D eigenvalue weighted by atomic mass is 10.5. The zero-order chi connectivity index (χ0) is 7.78. The minimum absolute atomic E-state index is 0.0285. The molecule has 7 heteroatoms. The van der Waals surface area contributed by atoms with Gasteiger partial charge < -0.3 is 0 Å². The molecular formula is C3Cl4N2S. The Morgan fingerprint density at radius 1 is 1.10 bits per heavy atom. The fourth-order valence-corrected chi connectivity index (χ4v) is 1.53. The van der Waals surface area contributed by atoms with Crippen LogP contribution in [0.3, 0.4) is 0 Å². The summed E-state index contributed by atoms with van der Waals surface area (Å²) >= 11 is 23.1. The van der Waals surface area contributed by atoms with Crippen LogP contribution in [-0.2, 0) is 0 Å². The monoisotopic (exact) mass is 236 g/mol. The molecule has 1 heterocycles. The Bertz CT molecular complexity index is 191. The van der Waals surface area contributed by atoms with Crippen molar-refractivity contribution in [3.8, 4) is 0 Å². The maximum atomic E-state index is 5.60. The van der Waals surface area contributed by atoms with Crippen LogP contribution < -0.4 is 0 Å². The third kappa shape index (κ3) is 1.53. The molecule has 1 aliphatic heterocycles. The van der Waals surface area contributed by atoms with E-state index in [1.54, 1.807) is 0 Å². The summed E-state index contributed by atoms with van der Waals surface area (Å²) in [6.45, 7) is 0. The number of nitrogens with zero attached hydrogens (tertiary/aromatic N) is 2. The Kier molecular flexibility index (Phi) is 2.75. The molecule has 1 aliphatic rings. The lowest BCUT2D eigenvalue weighted by molar-refractivity contribution is 1.48. The van der Waals surface area contributed by atoms with Crippen molar-refractivity contribution in [2.75, 3.05) is 0 Å². The second-order valence-electron chi connectivity index (χ2n) is 1.42. The number of halogens is 4. The molecule has 0 spiro atoms. The number of alkyl halides is 2. The molecule has 0 radical (unpaired) electrons. The predicted molar refractivity (Wildman–Crippen MR) is 48.6 cm³/mol. The summed E-state index contributed by atoms with van der Waals surface area (Å²) in [6, 6.07) is 0. The van der Waals surface area contributed by atoms with E-state index in [0.717, 1.165) is 12.1 Å². The molecule has 0 saturated carbocycles. The van der Waals surface area contributed by atoms with Crippen molar-refractivity contribution >= 4 is 68.9 Å². The van der Waals surface area contributed by atoms with Gasteiger partial charge in [-0.2, -0.15) is 8.80 Å². The summed E-state index contributed by atoms with van der Waals surface area (Å²) in [5, 5.41) is 0.0571. The minimum atomic E-state index is -1.45. The minimum Gasteiger partial charge on any atom is -0.182 e. The smallest absolute Gasteiger partial charge is 0.182 e. The lowest BCUT2D eigenvalue weighted by Crippen LogP contribution is -2.30. The first kappa shape index (κ1) is 8.94. The molecule has 2 nitrogen and oxygen atoms in total. The number of rotatable bonds is 0. The molecule has 10 heavy (non-hydrogen) atoms. The van der Waals surface area contributed by atoms with E-state index in [9.17, 15) is 0 Å². The highest BCUT2D eigenvalue weighted by Crippen LogP contribution is 2.35. The van der Waals surface area contributed by atoms with Crippen LogP contribution in [0.15, 0.2) is 8.80 Å². The highest BCUT2D eigenvalue weighted by atomic mass is 35.5. The van der Waals surface area contributed by atoms with Crippen molar-refractivity contribution in [3.05, 3.63) is 0 Å². The van der Waals surface area contributed by atoms with Crippen molar-refractivity contribution in [2.45, 2.75) is 4.33 Å². The van der Waals surface area contributed by atoms with Crippen LogP contribution in [0, 0.1) is 0 Å². The van der Waals surface area contributed by atoms with Crippen LogP contribution in [0.1, 0.15) is 0 Å². The van der Waals surface area contributed by atoms with Crippen LogP contribution in [-0.4, -0.2) is 14.7 Å². The van der Waals surface area contributed by atoms with Crippen molar-refractivity contribution in [2.24, 2.45) is 8.80 Å². The molecule has 0 aromatic carbocycles. The van der Waals surface area contributed by atoms with E-state index in [-0.39, 0.29) is 10.3 Å². The first-order chi connectivity index (χ1) is 4.55. The second-order valence-corrected chi connectivity index (χ2v) is 3.99. The summed E-state index contributed by atoms with van der Waals surface area (Å²) in [6.07, 6.45) is 0. The molecule has 0 N–H and O–H groups in total. The maximum absolute atomic E-state index is 5.60. The molecule has 0 aliphatic carbocycles. The van der Waals surface area contributed by atoms with Crippen LogP contribution >= 0.6 is 58.5 Å². The van der Waals surface area contributed by atoms with Crippen LogP contribution in [0.5, 0.6) is 0 Å². The van der Waals surface area contributed by atoms with Gasteiger partial charge in [-0.25, -0.2) is 0 Å². The van der Waals surface area contributed by atoms with E-state index in [1.165, 1.54) is 0 Å². The average Bonchev–Trinajstić information content (AvgIpc) is 1.84. The molecule has 0 atom stereocenters. The van der Waals surface area contributed by atoms with Crippen molar-refractivity contribution in [1.82, 2.24) is 0 Å². The van der Waals surface area contributed by atoms with E-state index >= 15 is 0 Å². The lowest BCUT2D eigenvalue weighted by Gasteiger charge is -2.17. The summed E-state index contributed by atoms with van der Waals surface area (Å²) in [7, 11) is 0. The van der Waals surface area contributed by atoms with E-state index in [1.807, 2.05) is 0 Å². The van der Waals surface area contributed by atoms with Crippen LogP contribution in [0.2, 0.25) is 0 Å². The van der Waals surface area contributed by atoms with Crippen molar-refractivity contribution in [1.29, 1.82) is 0 Å². The van der Waals surface area contributed by atoms with E-state index in [2.05, 4.69) is 8.80 Å². The normalized spacial score (nSPS) is 23.6. The average molecular weight is 238 g/mol. The fraction of sp³-hybridized carbons (Fsp3) is 0.333. The third-order valence-electron chi connectivity index (χ3n) is 0.760. The number of hydrogen-bond acceptors (Lipinski definition) is 3. The van der Waals surface area contributed by atoms with Gasteiger partial charge in [0, 0.05) is 0 Å². The van der Waals surface area contributed by atoms with Crippen LogP contribution in [0.4, 0.5) is 0 Å². The second kappa shape index (κ2) is 3.07. The molecule has 56 valence electrons. The Labute approximate surface area is 81.9 Å². The molecule has 0 bridgehead atoms. The quantitative estimate of drug-likeness (QED) is 0.470. The van der Waals surface area contributed by atoms with Crippen LogP contribution in [0.25, 0.3) is 0 Å². The van der Waals surface area contributed by atoms with Gasteiger partial charge in [0.25, 0.3) is 0 Å². The van der Waals surface area contributed by atoms with E-state index in [4.69, 9.17) is 46.4 Å². The Balaban J connectivity index is 2.95. The van der Waals surface area contributed by atoms with Gasteiger partial charge in [-0.15, -0.1) is 0 Å². The fourth-order valence-electron chi connectivity index (χ4n) is 0.292. The van der Waals surface area contributed by atoms with Gasteiger partial charge in [-0.1, -0.05) is 46.4 Å². The Morgan fingerprint density at radius 2 is 1.50 bits per heavy atom. The molecule has 1 rings (SSSR count). The van der Waals surface area contributed by atoms with Crippen molar-refractivity contribution in [3.63, 3.8) is 0 Å². The first-order valence-corrected chi connectivity index (χ1v) is 4.31. The Hall–Kier alpha value is 0.850. The topological polar surface area (TPSA) is 24.7 Å². The molecule has 0 fully saturated rings. The van der Waals surface area contributed by atoms with Gasteiger partial charge in [0.1, 0.15) is 12.1 Å². The van der Waals surface area contributed by atoms with Gasteiger partial charge >= 0.3 is 0 Å². The van der Waals surface area contributed by atoms with Crippen molar-refractivity contribution < 1.29 is 0 Å². The largest absolute Gasteiger partial charge is 0.224 e. The molecule has 0 saturated heterocycles. The molecule has 0 aromatic heterocycles. The summed E-state index contributed by atoms with van der Waals surface area (Å²) in [5.74, 6) is 0. The zero-order valence-electron chi connectivity index (χ0n) is 4.31. The SMILES string of the molecule is ClC1=NSN=C(Cl)C1(Cl)Cl. The van der Waals surface area contributed by atoms with E-state index < -0.39 is 4.33 Å². The molecule has 0 aromatic rings. The van der Waals surface area contributed by atoms with E-state index in [0.29, 0.717) is 0 Å². The summed E-state index contributed by atoms with van der Waals surface area (Å²) in [5.41, 5.74) is 0. The first-order valence-electron chi connectivity index (χ1n) is 2.07. The van der Waals surface area contributed by atoms with Gasteiger partial charge in [-0.3, -0.25) is 0 Å². The highest BCUT2D eigenvalue weighted by molar-refractivity contribution is 7.97. The zero-order valence-corrected chi connectivity index (χ0v) is 8.15. The van der Waals surface area contributed by atoms with Gasteiger partial charge in [0.2, 0.25) is 4.33 Å². The van der Waals surface area contributed by atoms with Gasteiger partial charge in [0.05, 0.1) is 0 Å². The highest BCUT2D eigenvalue weighted by Gasteiger charge is 2.38. The number of hydrogen-bond donors (Lipinski definition) is 0. The molecule has 0 unspecified atom stereocenters. The summed E-state index contributed by atoms with van der Waals surface area (Å²) < 4.78 is 5.74. The molecule has 0 amide bonds. The third-order valence-corrected chi connectivity index (χ3v) is 3.33. The standard InChI is InChI=1S/C3Cl4N2S/c4-1-3(6,7)2(5)9-10-8-1. The summed E-state index contributed by atoms with van der Waals surface area (Å²) in [4.78, 5) is 0.